The van der Waals surface area contributed by atoms with E-state index < -0.39 is 0 Å². The predicted octanol–water partition coefficient (Wildman–Crippen LogP) is 2.45. The van der Waals surface area contributed by atoms with E-state index in [1.807, 2.05) is 25.3 Å². The lowest BCUT2D eigenvalue weighted by Gasteiger charge is -2.46. The van der Waals surface area contributed by atoms with Crippen LogP contribution in [0.4, 0.5) is 0 Å². The molecule has 110 valence electrons. The van der Waals surface area contributed by atoms with Crippen LogP contribution in [-0.2, 0) is 11.2 Å². The number of hydrogen-bond donors (Lipinski definition) is 1. The molecular formula is C16H24N2O2. The SMILES string of the molecule is CC(N)Cc1ccc(OC2CCOC3(CCC3)C2)cn1. The summed E-state index contributed by atoms with van der Waals surface area (Å²) in [4.78, 5) is 4.42. The molecule has 1 saturated carbocycles. The number of nitrogens with zero attached hydrogens (tertiary/aromatic N) is 1. The summed E-state index contributed by atoms with van der Waals surface area (Å²) in [7, 11) is 0. The van der Waals surface area contributed by atoms with Crippen LogP contribution in [0.25, 0.3) is 0 Å². The highest BCUT2D eigenvalue weighted by molar-refractivity contribution is 5.21. The topological polar surface area (TPSA) is 57.4 Å². The second-order valence-corrected chi connectivity index (χ2v) is 6.28. The highest BCUT2D eigenvalue weighted by atomic mass is 16.5. The fraction of sp³-hybridized carbons (Fsp3) is 0.688. The van der Waals surface area contributed by atoms with E-state index >= 15 is 0 Å². The van der Waals surface area contributed by atoms with Gasteiger partial charge in [-0.25, -0.2) is 0 Å². The third-order valence-electron chi connectivity index (χ3n) is 4.34. The van der Waals surface area contributed by atoms with Crippen LogP contribution < -0.4 is 10.5 Å². The second kappa shape index (κ2) is 5.70. The van der Waals surface area contributed by atoms with E-state index in [0.717, 1.165) is 37.3 Å². The summed E-state index contributed by atoms with van der Waals surface area (Å²) in [6.45, 7) is 2.81. The van der Waals surface area contributed by atoms with Gasteiger partial charge in [0.25, 0.3) is 0 Å². The molecular weight excluding hydrogens is 252 g/mol. The highest BCUT2D eigenvalue weighted by Gasteiger charge is 2.43. The zero-order valence-electron chi connectivity index (χ0n) is 12.2. The quantitative estimate of drug-likeness (QED) is 0.917. The van der Waals surface area contributed by atoms with Crippen LogP contribution in [0.15, 0.2) is 18.3 Å². The summed E-state index contributed by atoms with van der Waals surface area (Å²) < 4.78 is 12.0. The van der Waals surface area contributed by atoms with Crippen molar-refractivity contribution in [3.63, 3.8) is 0 Å². The van der Waals surface area contributed by atoms with Crippen molar-refractivity contribution in [3.8, 4) is 5.75 Å². The maximum absolute atomic E-state index is 6.07. The molecule has 0 radical (unpaired) electrons. The standard InChI is InChI=1S/C16H24N2O2/c1-12(17)9-13-3-4-15(11-18-13)20-14-5-8-19-16(10-14)6-2-7-16/h3-4,11-12,14H,2,5-10,17H2,1H3. The molecule has 1 aliphatic heterocycles. The predicted molar refractivity (Wildman–Crippen MR) is 77.8 cm³/mol. The van der Waals surface area contributed by atoms with Gasteiger partial charge in [-0.05, 0) is 38.3 Å². The molecule has 4 heteroatoms. The number of rotatable bonds is 4. The minimum absolute atomic E-state index is 0.130. The zero-order valence-corrected chi connectivity index (χ0v) is 12.2. The summed E-state index contributed by atoms with van der Waals surface area (Å²) in [5.74, 6) is 0.861. The van der Waals surface area contributed by atoms with Gasteiger partial charge >= 0.3 is 0 Å². The van der Waals surface area contributed by atoms with E-state index in [4.69, 9.17) is 15.2 Å². The Bertz CT molecular complexity index is 440. The van der Waals surface area contributed by atoms with Crippen molar-refractivity contribution in [1.29, 1.82) is 0 Å². The van der Waals surface area contributed by atoms with Crippen molar-refractivity contribution in [2.45, 2.75) is 63.2 Å². The third-order valence-corrected chi connectivity index (χ3v) is 4.34. The summed E-state index contributed by atoms with van der Waals surface area (Å²) in [5.41, 5.74) is 6.93. The van der Waals surface area contributed by atoms with Crippen LogP contribution in [0.5, 0.6) is 5.75 Å². The van der Waals surface area contributed by atoms with Gasteiger partial charge < -0.3 is 15.2 Å². The Morgan fingerprint density at radius 2 is 2.35 bits per heavy atom. The Kier molecular flexibility index (Phi) is 3.94. The lowest BCUT2D eigenvalue weighted by molar-refractivity contribution is -0.153. The van der Waals surface area contributed by atoms with Gasteiger partial charge in [0.05, 0.1) is 18.4 Å². The maximum Gasteiger partial charge on any atom is 0.138 e. The highest BCUT2D eigenvalue weighted by Crippen LogP contribution is 2.43. The van der Waals surface area contributed by atoms with Crippen LogP contribution >= 0.6 is 0 Å². The first-order valence-electron chi connectivity index (χ1n) is 7.66. The number of hydrogen-bond acceptors (Lipinski definition) is 4. The van der Waals surface area contributed by atoms with E-state index in [2.05, 4.69) is 4.98 Å². The van der Waals surface area contributed by atoms with E-state index in [0.29, 0.717) is 0 Å². The molecule has 1 aromatic heterocycles. The molecule has 1 saturated heterocycles. The third kappa shape index (κ3) is 3.13. The molecule has 1 spiro atoms. The van der Waals surface area contributed by atoms with Crippen LogP contribution in [0.1, 0.15) is 44.7 Å². The molecule has 2 aliphatic rings. The van der Waals surface area contributed by atoms with Gasteiger partial charge in [0.1, 0.15) is 11.9 Å². The van der Waals surface area contributed by atoms with Gasteiger partial charge in [0, 0.05) is 31.0 Å². The van der Waals surface area contributed by atoms with Gasteiger partial charge in [0.15, 0.2) is 0 Å². The van der Waals surface area contributed by atoms with Crippen molar-refractivity contribution < 1.29 is 9.47 Å². The molecule has 0 bridgehead atoms. The van der Waals surface area contributed by atoms with E-state index in [-0.39, 0.29) is 17.7 Å². The van der Waals surface area contributed by atoms with Crippen LogP contribution in [0.3, 0.4) is 0 Å². The van der Waals surface area contributed by atoms with E-state index in [1.54, 1.807) is 0 Å². The number of aromatic nitrogens is 1. The van der Waals surface area contributed by atoms with Gasteiger partial charge in [0.2, 0.25) is 0 Å². The van der Waals surface area contributed by atoms with Gasteiger partial charge in [-0.15, -0.1) is 0 Å². The Morgan fingerprint density at radius 1 is 1.50 bits per heavy atom. The van der Waals surface area contributed by atoms with Gasteiger partial charge in [-0.3, -0.25) is 4.98 Å². The van der Waals surface area contributed by atoms with Crippen LogP contribution in [0.2, 0.25) is 0 Å². The Hall–Kier alpha value is -1.13. The Labute approximate surface area is 120 Å². The van der Waals surface area contributed by atoms with E-state index in [1.165, 1.54) is 19.3 Å². The molecule has 2 atom stereocenters. The molecule has 0 amide bonds. The van der Waals surface area contributed by atoms with Crippen molar-refractivity contribution in [2.24, 2.45) is 5.73 Å². The summed E-state index contributed by atoms with van der Waals surface area (Å²) in [6, 6.07) is 4.16. The number of pyridine rings is 1. The monoisotopic (exact) mass is 276 g/mol. The minimum Gasteiger partial charge on any atom is -0.489 e. The number of nitrogens with two attached hydrogens (primary N) is 1. The molecule has 4 nitrogen and oxygen atoms in total. The lowest BCUT2D eigenvalue weighted by Crippen LogP contribution is -2.48. The van der Waals surface area contributed by atoms with Crippen LogP contribution in [0, 0.1) is 0 Å². The molecule has 1 aromatic rings. The first kappa shape index (κ1) is 13.8. The molecule has 2 heterocycles. The smallest absolute Gasteiger partial charge is 0.138 e. The maximum atomic E-state index is 6.07. The molecule has 2 unspecified atom stereocenters. The average Bonchev–Trinajstić information content (AvgIpc) is 2.39. The zero-order chi connectivity index (χ0) is 14.0. The van der Waals surface area contributed by atoms with E-state index in [9.17, 15) is 0 Å². The fourth-order valence-corrected chi connectivity index (χ4v) is 3.13. The molecule has 2 fully saturated rings. The van der Waals surface area contributed by atoms with Gasteiger partial charge in [-0.1, -0.05) is 0 Å². The van der Waals surface area contributed by atoms with Gasteiger partial charge in [-0.2, -0.15) is 0 Å². The fourth-order valence-electron chi connectivity index (χ4n) is 3.13. The first-order chi connectivity index (χ1) is 9.65. The first-order valence-corrected chi connectivity index (χ1v) is 7.66. The number of ether oxygens (including phenoxy) is 2. The molecule has 1 aliphatic carbocycles. The Balaban J connectivity index is 1.57. The largest absolute Gasteiger partial charge is 0.489 e. The lowest BCUT2D eigenvalue weighted by atomic mass is 9.74. The van der Waals surface area contributed by atoms with Crippen LogP contribution in [-0.4, -0.2) is 29.3 Å². The molecule has 3 rings (SSSR count). The second-order valence-electron chi connectivity index (χ2n) is 6.28. The molecule has 2 N–H and O–H groups in total. The van der Waals surface area contributed by atoms with Crippen molar-refractivity contribution in [3.05, 3.63) is 24.0 Å². The summed E-state index contributed by atoms with van der Waals surface area (Å²) in [5, 5.41) is 0. The van der Waals surface area contributed by atoms with Crippen molar-refractivity contribution in [1.82, 2.24) is 4.98 Å². The minimum atomic E-state index is 0.130. The summed E-state index contributed by atoms with van der Waals surface area (Å²) in [6.07, 6.45) is 8.57. The molecule has 20 heavy (non-hydrogen) atoms. The Morgan fingerprint density at radius 3 is 2.95 bits per heavy atom. The average molecular weight is 276 g/mol. The normalized spacial score (nSPS) is 26.0. The summed E-state index contributed by atoms with van der Waals surface area (Å²) >= 11 is 0. The van der Waals surface area contributed by atoms with Crippen molar-refractivity contribution >= 4 is 0 Å². The molecule has 0 aromatic carbocycles. The van der Waals surface area contributed by atoms with Crippen molar-refractivity contribution in [2.75, 3.05) is 6.61 Å².